The zero-order chi connectivity index (χ0) is 14.7. The van der Waals surface area contributed by atoms with Gasteiger partial charge >= 0.3 is 0 Å². The topological polar surface area (TPSA) is 71.2 Å². The molecule has 0 saturated heterocycles. The Hall–Kier alpha value is -2.56. The van der Waals surface area contributed by atoms with Gasteiger partial charge in [0.2, 0.25) is 5.43 Å². The molecule has 5 nitrogen and oxygen atoms in total. The predicted molar refractivity (Wildman–Crippen MR) is 78.3 cm³/mol. The molecule has 2 N–H and O–H groups in total. The number of rotatable bonds is 5. The lowest BCUT2D eigenvalue weighted by Gasteiger charge is -2.10. The van der Waals surface area contributed by atoms with E-state index in [9.17, 15) is 9.59 Å². The number of hydrogen-bond acceptors (Lipinski definition) is 3. The maximum Gasteiger partial charge on any atom is 0.271 e. The molecular weight excluding hydrogens is 268 g/mol. The lowest BCUT2D eigenvalue weighted by Crippen LogP contribution is -2.28. The monoisotopic (exact) mass is 284 g/mol. The summed E-state index contributed by atoms with van der Waals surface area (Å²) in [4.78, 5) is 26.9. The first-order valence-corrected chi connectivity index (χ1v) is 6.93. The van der Waals surface area contributed by atoms with Gasteiger partial charge in [-0.05, 0) is 18.4 Å². The van der Waals surface area contributed by atoms with Gasteiger partial charge in [0.15, 0.2) is 11.4 Å². The molecule has 1 heterocycles. The van der Waals surface area contributed by atoms with E-state index in [-0.39, 0.29) is 35.4 Å². The number of H-pyrrole nitrogens is 1. The third-order valence-electron chi connectivity index (χ3n) is 3.28. The number of carbonyl (C=O) groups is 1. The second-order valence-electron chi connectivity index (χ2n) is 5.07. The van der Waals surface area contributed by atoms with Gasteiger partial charge in [-0.25, -0.2) is 0 Å². The fraction of sp³-hybridized carbons (Fsp3) is 0.250. The molecule has 0 aliphatic heterocycles. The molecule has 21 heavy (non-hydrogen) atoms. The van der Waals surface area contributed by atoms with Crippen molar-refractivity contribution in [1.29, 1.82) is 0 Å². The van der Waals surface area contributed by atoms with Gasteiger partial charge in [0.25, 0.3) is 5.91 Å². The van der Waals surface area contributed by atoms with Gasteiger partial charge in [-0.1, -0.05) is 30.3 Å². The number of carbonyl (C=O) groups excluding carboxylic acids is 1. The Bertz CT molecular complexity index is 690. The highest BCUT2D eigenvalue weighted by atomic mass is 16.5. The van der Waals surface area contributed by atoms with Crippen LogP contribution < -0.4 is 15.5 Å². The van der Waals surface area contributed by atoms with E-state index in [1.807, 2.05) is 30.3 Å². The van der Waals surface area contributed by atoms with Crippen LogP contribution in [0, 0.1) is 0 Å². The average Bonchev–Trinajstić information content (AvgIpc) is 3.31. The lowest BCUT2D eigenvalue weighted by molar-refractivity contribution is 0.0940. The van der Waals surface area contributed by atoms with Crippen LogP contribution in [0.25, 0.3) is 0 Å². The quantitative estimate of drug-likeness (QED) is 0.880. The second kappa shape index (κ2) is 5.83. The zero-order valence-electron chi connectivity index (χ0n) is 11.5. The number of benzene rings is 1. The van der Waals surface area contributed by atoms with Crippen LogP contribution in [0.2, 0.25) is 0 Å². The number of aromatic amines is 1. The number of aromatic nitrogens is 1. The van der Waals surface area contributed by atoms with E-state index in [1.54, 1.807) is 0 Å². The third kappa shape index (κ3) is 3.31. The first kappa shape index (κ1) is 13.4. The second-order valence-corrected chi connectivity index (χ2v) is 5.07. The summed E-state index contributed by atoms with van der Waals surface area (Å²) >= 11 is 0. The molecule has 0 bridgehead atoms. The third-order valence-corrected chi connectivity index (χ3v) is 3.28. The van der Waals surface area contributed by atoms with E-state index in [0.29, 0.717) is 0 Å². The molecule has 1 amide bonds. The summed E-state index contributed by atoms with van der Waals surface area (Å²) in [7, 11) is 0. The van der Waals surface area contributed by atoms with E-state index < -0.39 is 0 Å². The maximum atomic E-state index is 12.1. The summed E-state index contributed by atoms with van der Waals surface area (Å²) in [6, 6.07) is 11.1. The molecular formula is C16H16N2O3. The zero-order valence-corrected chi connectivity index (χ0v) is 11.5. The molecule has 1 fully saturated rings. The molecule has 0 atom stereocenters. The van der Waals surface area contributed by atoms with E-state index in [4.69, 9.17) is 4.74 Å². The summed E-state index contributed by atoms with van der Waals surface area (Å²) in [6.45, 7) is 0.248. The number of ether oxygens (including phenoxy) is 1. The van der Waals surface area contributed by atoms with Gasteiger partial charge < -0.3 is 15.0 Å². The van der Waals surface area contributed by atoms with Gasteiger partial charge in [0.05, 0.1) is 0 Å². The molecule has 108 valence electrons. The molecule has 5 heteroatoms. The molecule has 1 aromatic heterocycles. The standard InChI is InChI=1S/C16H16N2O3/c19-13-8-9-17-14(16(20)18-12-6-7-12)15(13)21-10-11-4-2-1-3-5-11/h1-5,8-9,12H,6-7,10H2,(H,17,19)(H,18,20). The van der Waals surface area contributed by atoms with Crippen molar-refractivity contribution in [1.82, 2.24) is 10.3 Å². The Balaban J connectivity index is 1.79. The maximum absolute atomic E-state index is 12.1. The van der Waals surface area contributed by atoms with Crippen LogP contribution in [0.3, 0.4) is 0 Å². The largest absolute Gasteiger partial charge is 0.483 e. The van der Waals surface area contributed by atoms with Crippen molar-refractivity contribution in [2.24, 2.45) is 0 Å². The summed E-state index contributed by atoms with van der Waals surface area (Å²) in [5.41, 5.74) is 0.824. The van der Waals surface area contributed by atoms with E-state index in [2.05, 4.69) is 10.3 Å². The van der Waals surface area contributed by atoms with Crippen LogP contribution in [0.4, 0.5) is 0 Å². The minimum atomic E-state index is -0.300. The first-order chi connectivity index (χ1) is 10.2. The first-order valence-electron chi connectivity index (χ1n) is 6.93. The molecule has 2 aromatic rings. The number of nitrogens with one attached hydrogen (secondary N) is 2. The van der Waals surface area contributed by atoms with Crippen molar-refractivity contribution in [2.45, 2.75) is 25.5 Å². The van der Waals surface area contributed by atoms with E-state index in [1.165, 1.54) is 12.3 Å². The van der Waals surface area contributed by atoms with Crippen molar-refractivity contribution < 1.29 is 9.53 Å². The Labute approximate surface area is 122 Å². The molecule has 1 aromatic carbocycles. The highest BCUT2D eigenvalue weighted by Crippen LogP contribution is 2.20. The van der Waals surface area contributed by atoms with E-state index in [0.717, 1.165) is 18.4 Å². The van der Waals surface area contributed by atoms with Crippen molar-refractivity contribution in [3.8, 4) is 5.75 Å². The fourth-order valence-corrected chi connectivity index (χ4v) is 1.99. The highest BCUT2D eigenvalue weighted by molar-refractivity contribution is 5.95. The lowest BCUT2D eigenvalue weighted by atomic mass is 10.2. The van der Waals surface area contributed by atoms with Crippen LogP contribution in [0.1, 0.15) is 28.9 Å². The van der Waals surface area contributed by atoms with Crippen molar-refractivity contribution in [2.75, 3.05) is 0 Å². The van der Waals surface area contributed by atoms with Crippen molar-refractivity contribution in [3.63, 3.8) is 0 Å². The molecule has 0 radical (unpaired) electrons. The van der Waals surface area contributed by atoms with Gasteiger partial charge in [0, 0.05) is 18.3 Å². The summed E-state index contributed by atoms with van der Waals surface area (Å²) < 4.78 is 5.57. The summed E-state index contributed by atoms with van der Waals surface area (Å²) in [6.07, 6.45) is 3.44. The van der Waals surface area contributed by atoms with Crippen LogP contribution in [-0.4, -0.2) is 16.9 Å². The van der Waals surface area contributed by atoms with Crippen LogP contribution in [0.15, 0.2) is 47.4 Å². The smallest absolute Gasteiger partial charge is 0.271 e. The summed E-state index contributed by atoms with van der Waals surface area (Å²) in [5.74, 6) is -0.224. The minimum Gasteiger partial charge on any atom is -0.483 e. The van der Waals surface area contributed by atoms with Crippen LogP contribution in [0.5, 0.6) is 5.75 Å². The molecule has 0 unspecified atom stereocenters. The Morgan fingerprint density at radius 3 is 2.71 bits per heavy atom. The van der Waals surface area contributed by atoms with Crippen molar-refractivity contribution in [3.05, 3.63) is 64.1 Å². The van der Waals surface area contributed by atoms with Gasteiger partial charge in [0.1, 0.15) is 6.61 Å². The van der Waals surface area contributed by atoms with Gasteiger partial charge in [-0.3, -0.25) is 9.59 Å². The van der Waals surface area contributed by atoms with Gasteiger partial charge in [-0.2, -0.15) is 0 Å². The Kier molecular flexibility index (Phi) is 3.73. The number of hydrogen-bond donors (Lipinski definition) is 2. The average molecular weight is 284 g/mol. The SMILES string of the molecule is O=C(NC1CC1)c1[nH]ccc(=O)c1OCc1ccccc1. The fourth-order valence-electron chi connectivity index (χ4n) is 1.99. The molecule has 1 aliphatic carbocycles. The normalized spacial score (nSPS) is 13.7. The van der Waals surface area contributed by atoms with Crippen molar-refractivity contribution >= 4 is 5.91 Å². The van der Waals surface area contributed by atoms with Gasteiger partial charge in [-0.15, -0.1) is 0 Å². The minimum absolute atomic E-state index is 0.0690. The molecule has 3 rings (SSSR count). The molecule has 1 aliphatic rings. The van der Waals surface area contributed by atoms with E-state index >= 15 is 0 Å². The predicted octanol–water partition coefficient (Wildman–Crippen LogP) is 1.85. The van der Waals surface area contributed by atoms with Crippen LogP contribution in [-0.2, 0) is 6.61 Å². The van der Waals surface area contributed by atoms with Crippen LogP contribution >= 0.6 is 0 Å². The number of pyridine rings is 1. The summed E-state index contributed by atoms with van der Waals surface area (Å²) in [5, 5.41) is 2.85. The highest BCUT2D eigenvalue weighted by Gasteiger charge is 2.26. The molecule has 1 saturated carbocycles. The Morgan fingerprint density at radius 2 is 2.00 bits per heavy atom. The Morgan fingerprint density at radius 1 is 1.24 bits per heavy atom. The molecule has 0 spiro atoms. The number of amides is 1.